The van der Waals surface area contributed by atoms with Crippen LogP contribution in [0.5, 0.6) is 0 Å². The van der Waals surface area contributed by atoms with Gasteiger partial charge < -0.3 is 18.1 Å². The molecule has 1 atom stereocenters. The molecule has 0 aliphatic rings. The molecule has 2 nitrogen and oxygen atoms in total. The third kappa shape index (κ3) is 12.6. The normalized spacial score (nSPS) is 10.6. The van der Waals surface area contributed by atoms with Gasteiger partial charge in [0.15, 0.2) is 0 Å². The van der Waals surface area contributed by atoms with Crippen molar-refractivity contribution in [1.29, 1.82) is 0 Å². The first-order chi connectivity index (χ1) is 7.47. The van der Waals surface area contributed by atoms with Crippen LogP contribution in [0.25, 0.3) is 0 Å². The Balaban J connectivity index is -0.000000332. The van der Waals surface area contributed by atoms with Gasteiger partial charge in [-0.25, -0.2) is 4.39 Å². The van der Waals surface area contributed by atoms with Gasteiger partial charge >= 0.3 is 0 Å². The summed E-state index contributed by atoms with van der Waals surface area (Å²) in [4.78, 5) is 0. The van der Waals surface area contributed by atoms with Gasteiger partial charge in [0.05, 0.1) is 0 Å². The van der Waals surface area contributed by atoms with Crippen molar-refractivity contribution >= 4 is 0 Å². The van der Waals surface area contributed by atoms with E-state index in [0.717, 1.165) is 24.3 Å². The predicted octanol–water partition coefficient (Wildman–Crippen LogP) is 3.28. The van der Waals surface area contributed by atoms with Crippen LogP contribution in [0.15, 0.2) is 24.3 Å². The van der Waals surface area contributed by atoms with E-state index in [9.17, 15) is 4.39 Å². The maximum Gasteiger partial charge on any atom is 0.123 e. The summed E-state index contributed by atoms with van der Waals surface area (Å²) in [7, 11) is 0. The topological polar surface area (TPSA) is 57.5 Å². The largest absolute Gasteiger partial charge is 0.412 e. The number of hydrogen-bond donors (Lipinski definition) is 1. The van der Waals surface area contributed by atoms with E-state index in [0.29, 0.717) is 0 Å². The number of benzene rings is 1. The fourth-order valence-electron chi connectivity index (χ4n) is 1.10. The molecule has 1 aromatic carbocycles. The summed E-state index contributed by atoms with van der Waals surface area (Å²) in [6.45, 7) is 10.2. The molecule has 0 heterocycles. The van der Waals surface area contributed by atoms with E-state index in [-0.39, 0.29) is 48.4 Å². The molecule has 0 bridgehead atoms. The SMILES string of the molecule is CC(C)C.O.[CH2-]CCC(N)c1ccc(F)cc1.[U]. The van der Waals surface area contributed by atoms with E-state index < -0.39 is 0 Å². The molecule has 4 N–H and O–H groups in total. The monoisotopic (exact) mass is 480 g/mol. The maximum absolute atomic E-state index is 12.5. The quantitative estimate of drug-likeness (QED) is 0.664. The molecule has 18 heavy (non-hydrogen) atoms. The first kappa shape index (κ1) is 23.2. The Hall–Kier alpha value is 0.122. The minimum atomic E-state index is -0.222. The average Bonchev–Trinajstić information content (AvgIpc) is 2.18. The van der Waals surface area contributed by atoms with Crippen molar-refractivity contribution in [2.75, 3.05) is 0 Å². The van der Waals surface area contributed by atoms with E-state index in [1.807, 2.05) is 0 Å². The second kappa shape index (κ2) is 13.6. The smallest absolute Gasteiger partial charge is 0.123 e. The molecule has 0 aliphatic carbocycles. The standard InChI is InChI=1S/C10H13FN.C4H10.H2O.U/c1-2-3-10(12)8-4-6-9(11)7-5-8;1-4(2)3;;/h4-7,10H,1-3,12H2;4H,1-3H3;1H2;/q-1;;;. The van der Waals surface area contributed by atoms with Gasteiger partial charge in [-0.1, -0.05) is 39.3 Å². The van der Waals surface area contributed by atoms with Gasteiger partial charge in [-0.2, -0.15) is 6.42 Å². The average molecular weight is 480 g/mol. The summed E-state index contributed by atoms with van der Waals surface area (Å²) in [5, 5.41) is 0. The summed E-state index contributed by atoms with van der Waals surface area (Å²) in [6, 6.07) is 6.28. The molecule has 104 valence electrons. The van der Waals surface area contributed by atoms with Gasteiger partial charge in [0, 0.05) is 37.2 Å². The molecule has 0 aliphatic heterocycles. The number of halogens is 1. The maximum atomic E-state index is 12.5. The van der Waals surface area contributed by atoms with Gasteiger partial charge in [0.2, 0.25) is 0 Å². The Morgan fingerprint density at radius 2 is 1.56 bits per heavy atom. The third-order valence-corrected chi connectivity index (χ3v) is 1.81. The summed E-state index contributed by atoms with van der Waals surface area (Å²) in [5.41, 5.74) is 6.77. The Kier molecular flexibility index (Phi) is 17.5. The zero-order chi connectivity index (χ0) is 12.6. The zero-order valence-corrected chi connectivity index (χ0v) is 15.7. The first-order valence-electron chi connectivity index (χ1n) is 5.77. The summed E-state index contributed by atoms with van der Waals surface area (Å²) < 4.78 is 12.5. The molecule has 0 radical (unpaired) electrons. The fourth-order valence-corrected chi connectivity index (χ4v) is 1.10. The van der Waals surface area contributed by atoms with Crippen LogP contribution < -0.4 is 5.73 Å². The molecule has 1 rings (SSSR count). The first-order valence-corrected chi connectivity index (χ1v) is 5.77. The van der Waals surface area contributed by atoms with E-state index in [2.05, 4.69) is 27.7 Å². The molecule has 1 aromatic rings. The van der Waals surface area contributed by atoms with Crippen molar-refractivity contribution in [3.8, 4) is 0 Å². The van der Waals surface area contributed by atoms with Gasteiger partial charge in [0.25, 0.3) is 0 Å². The van der Waals surface area contributed by atoms with Crippen molar-refractivity contribution in [3.05, 3.63) is 42.6 Å². The zero-order valence-electron chi connectivity index (χ0n) is 11.5. The van der Waals surface area contributed by atoms with Crippen LogP contribution in [-0.2, 0) is 0 Å². The molecular weight excluding hydrogens is 455 g/mol. The van der Waals surface area contributed by atoms with Crippen molar-refractivity contribution in [2.45, 2.75) is 39.7 Å². The molecule has 0 saturated heterocycles. The van der Waals surface area contributed by atoms with E-state index in [4.69, 9.17) is 5.73 Å². The van der Waals surface area contributed by atoms with Crippen LogP contribution in [0.2, 0.25) is 0 Å². The van der Waals surface area contributed by atoms with E-state index in [1.165, 1.54) is 12.1 Å². The summed E-state index contributed by atoms with van der Waals surface area (Å²) in [6.07, 6.45) is 1.64. The van der Waals surface area contributed by atoms with Crippen molar-refractivity contribution < 1.29 is 41.0 Å². The van der Waals surface area contributed by atoms with Crippen LogP contribution in [0, 0.1) is 49.8 Å². The Bertz CT molecular complexity index is 275. The van der Waals surface area contributed by atoms with Crippen molar-refractivity contribution in [1.82, 2.24) is 0 Å². The number of hydrogen-bond acceptors (Lipinski definition) is 1. The second-order valence-corrected chi connectivity index (χ2v) is 4.53. The molecule has 0 saturated carbocycles. The van der Waals surface area contributed by atoms with Crippen LogP contribution in [0.1, 0.15) is 45.2 Å². The molecule has 0 spiro atoms. The molecule has 4 heteroatoms. The molecule has 0 amide bonds. The van der Waals surface area contributed by atoms with Gasteiger partial charge in [0.1, 0.15) is 5.82 Å². The summed E-state index contributed by atoms with van der Waals surface area (Å²) in [5.74, 6) is 0.612. The number of nitrogens with two attached hydrogens (primary N) is 1. The van der Waals surface area contributed by atoms with E-state index >= 15 is 0 Å². The third-order valence-electron chi connectivity index (χ3n) is 1.81. The minimum Gasteiger partial charge on any atom is -0.412 e. The van der Waals surface area contributed by atoms with Gasteiger partial charge in [-0.3, -0.25) is 0 Å². The van der Waals surface area contributed by atoms with Crippen molar-refractivity contribution in [3.63, 3.8) is 0 Å². The van der Waals surface area contributed by atoms with Crippen LogP contribution >= 0.6 is 0 Å². The summed E-state index contributed by atoms with van der Waals surface area (Å²) >= 11 is 0. The van der Waals surface area contributed by atoms with Crippen molar-refractivity contribution in [2.24, 2.45) is 11.7 Å². The molecule has 0 aromatic heterocycles. The van der Waals surface area contributed by atoms with Gasteiger partial charge in [-0.15, -0.1) is 0 Å². The predicted molar refractivity (Wildman–Crippen MR) is 72.0 cm³/mol. The Labute approximate surface area is 134 Å². The second-order valence-electron chi connectivity index (χ2n) is 4.53. The minimum absolute atomic E-state index is 0. The Morgan fingerprint density at radius 1 is 1.17 bits per heavy atom. The Morgan fingerprint density at radius 3 is 1.89 bits per heavy atom. The van der Waals surface area contributed by atoms with Crippen LogP contribution in [-0.4, -0.2) is 5.48 Å². The molecular formula is C14H25FNOU-. The van der Waals surface area contributed by atoms with Crippen LogP contribution in [0.3, 0.4) is 0 Å². The van der Waals surface area contributed by atoms with Crippen LogP contribution in [0.4, 0.5) is 4.39 Å². The van der Waals surface area contributed by atoms with Gasteiger partial charge in [-0.05, 0) is 23.6 Å². The fraction of sp³-hybridized carbons (Fsp3) is 0.500. The van der Waals surface area contributed by atoms with E-state index in [1.54, 1.807) is 12.1 Å². The molecule has 1 unspecified atom stereocenters. The number of rotatable bonds is 3. The molecule has 0 fully saturated rings.